The van der Waals surface area contributed by atoms with Crippen LogP contribution in [0.25, 0.3) is 27.6 Å². The van der Waals surface area contributed by atoms with Crippen molar-refractivity contribution in [1.82, 2.24) is 9.55 Å². The summed E-state index contributed by atoms with van der Waals surface area (Å²) >= 11 is 0. The SMILES string of the molecule is [2H]c1c([2H])c([2H])c(Nc2ccccc2Nc2cc(C(C)(C)C)cc(C(F)(F)c3ccc4c5ccccc5n(-c5cc(C(C)(C)C)ccn5)c4c3)c2)c([2H])c1[2H]. The van der Waals surface area contributed by atoms with E-state index in [-0.39, 0.29) is 34.3 Å². The summed E-state index contributed by atoms with van der Waals surface area (Å²) in [5.41, 5.74) is 3.41. The first-order valence-corrected chi connectivity index (χ1v) is 16.6. The maximum atomic E-state index is 17.1. The van der Waals surface area contributed by atoms with E-state index >= 15 is 8.78 Å². The minimum Gasteiger partial charge on any atom is -0.354 e. The molecule has 50 heavy (non-hydrogen) atoms. The Labute approximate surface area is 299 Å². The standard InChI is InChI=1S/C44H42F2N4/c1-42(2,3)29-22-23-47-41(28-29)50-39-19-13-10-16-35(39)36-21-20-30(27-40(36)50)44(45,46)32-24-31(43(4,5)6)25-34(26-32)49-38-18-12-11-17-37(38)48-33-14-8-7-9-15-33/h7-28,48-49H,1-6H3/i7D,8D,9D,14D,15D. The summed E-state index contributed by atoms with van der Waals surface area (Å²) in [6, 6.07) is 26.2. The van der Waals surface area contributed by atoms with E-state index in [0.717, 1.165) is 21.9 Å². The first-order valence-electron chi connectivity index (χ1n) is 19.1. The van der Waals surface area contributed by atoms with Crippen molar-refractivity contribution in [2.24, 2.45) is 0 Å². The molecule has 0 saturated carbocycles. The van der Waals surface area contributed by atoms with Gasteiger partial charge in [0.05, 0.1) is 29.3 Å². The molecule has 0 atom stereocenters. The van der Waals surface area contributed by atoms with Gasteiger partial charge in [-0.1, -0.05) is 102 Å². The van der Waals surface area contributed by atoms with Gasteiger partial charge in [0, 0.05) is 39.5 Å². The quantitative estimate of drug-likeness (QED) is 0.177. The summed E-state index contributed by atoms with van der Waals surface area (Å²) < 4.78 is 77.1. The van der Waals surface area contributed by atoms with Crippen LogP contribution in [-0.4, -0.2) is 9.55 Å². The zero-order valence-electron chi connectivity index (χ0n) is 34.0. The summed E-state index contributed by atoms with van der Waals surface area (Å²) in [4.78, 5) is 4.71. The van der Waals surface area contributed by atoms with E-state index < -0.39 is 29.5 Å². The van der Waals surface area contributed by atoms with Gasteiger partial charge in [-0.05, 0) is 88.6 Å². The van der Waals surface area contributed by atoms with Crippen molar-refractivity contribution < 1.29 is 15.6 Å². The lowest BCUT2D eigenvalue weighted by molar-refractivity contribution is 0.0429. The molecule has 0 bridgehead atoms. The van der Waals surface area contributed by atoms with Crippen LogP contribution in [-0.2, 0) is 16.8 Å². The number of anilines is 4. The van der Waals surface area contributed by atoms with E-state index in [0.29, 0.717) is 34.0 Å². The molecule has 2 heterocycles. The van der Waals surface area contributed by atoms with Crippen molar-refractivity contribution >= 4 is 44.6 Å². The number of para-hydroxylation sites is 4. The van der Waals surface area contributed by atoms with Crippen LogP contribution >= 0.6 is 0 Å². The summed E-state index contributed by atoms with van der Waals surface area (Å²) in [6.45, 7) is 12.3. The number of benzene rings is 5. The van der Waals surface area contributed by atoms with Gasteiger partial charge in [0.1, 0.15) is 5.82 Å². The molecule has 7 rings (SSSR count). The molecule has 0 aliphatic rings. The van der Waals surface area contributed by atoms with Crippen LogP contribution in [0.15, 0.2) is 133 Å². The van der Waals surface area contributed by atoms with Gasteiger partial charge in [-0.3, -0.25) is 4.57 Å². The molecule has 0 unspecified atom stereocenters. The lowest BCUT2D eigenvalue weighted by Crippen LogP contribution is -2.19. The second-order valence-corrected chi connectivity index (χ2v) is 14.7. The molecule has 2 N–H and O–H groups in total. The van der Waals surface area contributed by atoms with E-state index in [4.69, 9.17) is 11.8 Å². The Morgan fingerprint density at radius 2 is 1.20 bits per heavy atom. The minimum absolute atomic E-state index is 0.0935. The van der Waals surface area contributed by atoms with Crippen LogP contribution in [0.3, 0.4) is 0 Å². The number of aromatic nitrogens is 2. The Morgan fingerprint density at radius 1 is 0.580 bits per heavy atom. The number of hydrogen-bond acceptors (Lipinski definition) is 3. The Morgan fingerprint density at radius 3 is 1.90 bits per heavy atom. The molecule has 0 fully saturated rings. The van der Waals surface area contributed by atoms with Crippen molar-refractivity contribution in [3.05, 3.63) is 156 Å². The fourth-order valence-electron chi connectivity index (χ4n) is 6.20. The van der Waals surface area contributed by atoms with E-state index in [9.17, 15) is 0 Å². The molecule has 6 heteroatoms. The number of halogens is 2. The van der Waals surface area contributed by atoms with Crippen molar-refractivity contribution in [3.8, 4) is 5.82 Å². The van der Waals surface area contributed by atoms with Gasteiger partial charge < -0.3 is 10.6 Å². The molecule has 0 aliphatic carbocycles. The average molecular weight is 670 g/mol. The zero-order chi connectivity index (χ0) is 39.6. The second-order valence-electron chi connectivity index (χ2n) is 14.7. The Balaban J connectivity index is 1.33. The number of pyridine rings is 1. The van der Waals surface area contributed by atoms with Gasteiger partial charge in [0.2, 0.25) is 0 Å². The molecular weight excluding hydrogens is 623 g/mol. The van der Waals surface area contributed by atoms with Crippen LogP contribution in [0.5, 0.6) is 0 Å². The molecule has 0 amide bonds. The van der Waals surface area contributed by atoms with Gasteiger partial charge >= 0.3 is 0 Å². The molecule has 5 aromatic carbocycles. The van der Waals surface area contributed by atoms with Gasteiger partial charge in [-0.25, -0.2) is 4.98 Å². The summed E-state index contributed by atoms with van der Waals surface area (Å²) in [7, 11) is 0. The molecule has 0 saturated heterocycles. The fourth-order valence-corrected chi connectivity index (χ4v) is 6.20. The zero-order valence-corrected chi connectivity index (χ0v) is 29.0. The maximum Gasteiger partial charge on any atom is 0.298 e. The van der Waals surface area contributed by atoms with Gasteiger partial charge in [0.15, 0.2) is 0 Å². The summed E-state index contributed by atoms with van der Waals surface area (Å²) in [6.07, 6.45) is 1.76. The number of nitrogens with zero attached hydrogens (tertiary/aromatic N) is 2. The normalized spacial score (nSPS) is 13.8. The third-order valence-electron chi connectivity index (χ3n) is 9.00. The summed E-state index contributed by atoms with van der Waals surface area (Å²) in [5, 5.41) is 8.06. The molecule has 4 nitrogen and oxygen atoms in total. The highest BCUT2D eigenvalue weighted by molar-refractivity contribution is 6.09. The predicted molar refractivity (Wildman–Crippen MR) is 205 cm³/mol. The van der Waals surface area contributed by atoms with Crippen molar-refractivity contribution in [1.29, 1.82) is 0 Å². The van der Waals surface area contributed by atoms with Crippen molar-refractivity contribution in [2.45, 2.75) is 58.3 Å². The molecule has 0 spiro atoms. The van der Waals surface area contributed by atoms with Crippen molar-refractivity contribution in [2.75, 3.05) is 10.6 Å². The average Bonchev–Trinajstić information content (AvgIpc) is 3.48. The third-order valence-corrected chi connectivity index (χ3v) is 9.00. The number of rotatable bonds is 7. The van der Waals surface area contributed by atoms with Crippen LogP contribution < -0.4 is 10.6 Å². The van der Waals surface area contributed by atoms with Gasteiger partial charge in [-0.2, -0.15) is 8.78 Å². The van der Waals surface area contributed by atoms with E-state index in [1.807, 2.05) is 67.8 Å². The fraction of sp³-hybridized carbons (Fsp3) is 0.205. The van der Waals surface area contributed by atoms with Crippen LogP contribution in [0.2, 0.25) is 0 Å². The van der Waals surface area contributed by atoms with Crippen LogP contribution in [0, 0.1) is 0 Å². The predicted octanol–water partition coefficient (Wildman–Crippen LogP) is 12.4. The molecule has 0 aliphatic heterocycles. The minimum atomic E-state index is -3.42. The monoisotopic (exact) mass is 669 g/mol. The highest BCUT2D eigenvalue weighted by atomic mass is 19.3. The Hall–Kier alpha value is -5.49. The lowest BCUT2D eigenvalue weighted by Gasteiger charge is -2.25. The molecular formula is C44H42F2N4. The number of alkyl halides is 2. The molecule has 0 radical (unpaired) electrons. The largest absolute Gasteiger partial charge is 0.354 e. The van der Waals surface area contributed by atoms with Crippen molar-refractivity contribution in [3.63, 3.8) is 0 Å². The Bertz CT molecular complexity index is 2590. The highest BCUT2D eigenvalue weighted by Crippen LogP contribution is 2.43. The summed E-state index contributed by atoms with van der Waals surface area (Å²) in [5.74, 6) is -2.77. The number of hydrogen-bond donors (Lipinski definition) is 2. The molecule has 252 valence electrons. The first-order chi connectivity index (χ1) is 25.9. The van der Waals surface area contributed by atoms with Crippen LogP contribution in [0.4, 0.5) is 31.5 Å². The van der Waals surface area contributed by atoms with Crippen LogP contribution in [0.1, 0.15) is 70.7 Å². The first kappa shape index (κ1) is 27.3. The van der Waals surface area contributed by atoms with E-state index in [1.165, 1.54) is 12.1 Å². The second kappa shape index (κ2) is 12.4. The Kier molecular flexibility index (Phi) is 6.80. The van der Waals surface area contributed by atoms with Gasteiger partial charge in [-0.15, -0.1) is 0 Å². The molecule has 7 aromatic rings. The number of fused-ring (bicyclic) bond motifs is 3. The highest BCUT2D eigenvalue weighted by Gasteiger charge is 2.36. The van der Waals surface area contributed by atoms with E-state index in [2.05, 4.69) is 31.4 Å². The third kappa shape index (κ3) is 6.34. The maximum absolute atomic E-state index is 17.1. The van der Waals surface area contributed by atoms with Gasteiger partial charge in [0.25, 0.3) is 5.92 Å². The molecule has 2 aromatic heterocycles. The lowest BCUT2D eigenvalue weighted by atomic mass is 9.84. The van der Waals surface area contributed by atoms with E-state index in [1.54, 1.807) is 48.7 Å². The topological polar surface area (TPSA) is 41.9 Å². The smallest absolute Gasteiger partial charge is 0.298 e. The number of nitrogens with one attached hydrogen (secondary N) is 2.